The maximum Gasteiger partial charge on any atom is 0.290 e. The second kappa shape index (κ2) is 11.9. The zero-order valence-electron chi connectivity index (χ0n) is 19.7. The highest BCUT2D eigenvalue weighted by atomic mass is 16.5. The highest BCUT2D eigenvalue weighted by Crippen LogP contribution is 2.38. The van der Waals surface area contributed by atoms with Crippen LogP contribution in [0.2, 0.25) is 0 Å². The van der Waals surface area contributed by atoms with Gasteiger partial charge in [-0.05, 0) is 50.9 Å². The SMILES string of the molecule is COc1cc2c(N[C@H]3CCOC3)c3ccccc3nc2cc1OCCCN1CCCC1.O=CO. The second-order valence-corrected chi connectivity index (χ2v) is 8.59. The summed E-state index contributed by atoms with van der Waals surface area (Å²) in [5, 5.41) is 12.8. The first-order chi connectivity index (χ1) is 16.7. The largest absolute Gasteiger partial charge is 0.493 e. The molecule has 2 aliphatic heterocycles. The van der Waals surface area contributed by atoms with Gasteiger partial charge in [-0.3, -0.25) is 4.79 Å². The fourth-order valence-electron chi connectivity index (χ4n) is 4.66. The lowest BCUT2D eigenvalue weighted by molar-refractivity contribution is -0.122. The molecular formula is C26H33N3O5. The van der Waals surface area contributed by atoms with Crippen LogP contribution >= 0.6 is 0 Å². The molecule has 2 saturated heterocycles. The molecule has 0 amide bonds. The van der Waals surface area contributed by atoms with Crippen molar-refractivity contribution in [3.63, 3.8) is 0 Å². The van der Waals surface area contributed by atoms with Gasteiger partial charge >= 0.3 is 0 Å². The molecule has 2 aromatic carbocycles. The van der Waals surface area contributed by atoms with E-state index in [0.717, 1.165) is 71.6 Å². The summed E-state index contributed by atoms with van der Waals surface area (Å²) in [6.07, 6.45) is 4.67. The van der Waals surface area contributed by atoms with E-state index in [2.05, 4.69) is 34.5 Å². The van der Waals surface area contributed by atoms with Gasteiger partial charge in [0.05, 0.1) is 43.1 Å². The fraction of sp³-hybridized carbons (Fsp3) is 0.462. The lowest BCUT2D eigenvalue weighted by Crippen LogP contribution is -2.22. The zero-order chi connectivity index (χ0) is 23.8. The molecule has 3 aromatic rings. The number of benzene rings is 2. The molecule has 0 spiro atoms. The first kappa shape index (κ1) is 24.0. The van der Waals surface area contributed by atoms with Gasteiger partial charge in [-0.2, -0.15) is 0 Å². The van der Waals surface area contributed by atoms with Crippen molar-refractivity contribution in [3.8, 4) is 11.5 Å². The molecule has 3 heterocycles. The Bertz CT molecular complexity index is 1090. The topological polar surface area (TPSA) is 93.2 Å². The molecule has 0 aliphatic carbocycles. The Hall–Kier alpha value is -3.10. The number of carboxylic acid groups (broad SMARTS) is 1. The van der Waals surface area contributed by atoms with E-state index in [4.69, 9.17) is 29.1 Å². The first-order valence-electron chi connectivity index (χ1n) is 11.9. The van der Waals surface area contributed by atoms with Gasteiger partial charge in [-0.1, -0.05) is 18.2 Å². The molecular weight excluding hydrogens is 434 g/mol. The monoisotopic (exact) mass is 467 g/mol. The van der Waals surface area contributed by atoms with Gasteiger partial charge in [0.1, 0.15) is 0 Å². The number of nitrogens with zero attached hydrogens (tertiary/aromatic N) is 2. The third-order valence-corrected chi connectivity index (χ3v) is 6.32. The van der Waals surface area contributed by atoms with Crippen LogP contribution < -0.4 is 14.8 Å². The number of methoxy groups -OCH3 is 1. The number of ether oxygens (including phenoxy) is 3. The van der Waals surface area contributed by atoms with E-state index in [1.807, 2.05) is 12.1 Å². The summed E-state index contributed by atoms with van der Waals surface area (Å²) in [6, 6.07) is 12.7. The Morgan fingerprint density at radius 1 is 1.18 bits per heavy atom. The van der Waals surface area contributed by atoms with Crippen LogP contribution in [0.3, 0.4) is 0 Å². The molecule has 0 unspecified atom stereocenters. The molecule has 182 valence electrons. The summed E-state index contributed by atoms with van der Waals surface area (Å²) in [4.78, 5) is 15.8. The molecule has 8 nitrogen and oxygen atoms in total. The molecule has 2 aliphatic rings. The van der Waals surface area contributed by atoms with Crippen LogP contribution in [0, 0.1) is 0 Å². The number of anilines is 1. The normalized spacial score (nSPS) is 18.0. The Balaban J connectivity index is 0.000000868. The van der Waals surface area contributed by atoms with Crippen LogP contribution in [-0.4, -0.2) is 74.1 Å². The molecule has 2 N–H and O–H groups in total. The molecule has 8 heteroatoms. The lowest BCUT2D eigenvalue weighted by Gasteiger charge is -2.19. The molecule has 0 saturated carbocycles. The minimum atomic E-state index is -0.250. The van der Waals surface area contributed by atoms with Gasteiger partial charge in [-0.15, -0.1) is 0 Å². The van der Waals surface area contributed by atoms with Gasteiger partial charge in [-0.25, -0.2) is 4.98 Å². The summed E-state index contributed by atoms with van der Waals surface area (Å²) < 4.78 is 17.4. The standard InChI is InChI=1S/C25H31N3O3.CH2O2/c1-29-23-15-20-22(16-24(23)31-13-6-12-28-10-4-5-11-28)27-21-8-3-2-7-19(21)25(20)26-18-9-14-30-17-18;2-1-3/h2-3,7-8,15-16,18H,4-6,9-14,17H2,1H3,(H,26,27);1H,(H,2,3)/t18-;/m0./s1. The number of likely N-dealkylation sites (tertiary alicyclic amines) is 1. The molecule has 1 aromatic heterocycles. The summed E-state index contributed by atoms with van der Waals surface area (Å²) in [5.74, 6) is 1.51. The van der Waals surface area contributed by atoms with Gasteiger partial charge in [0.25, 0.3) is 6.47 Å². The Morgan fingerprint density at radius 2 is 1.97 bits per heavy atom. The lowest BCUT2D eigenvalue weighted by atomic mass is 10.1. The summed E-state index contributed by atoms with van der Waals surface area (Å²) in [6.45, 7) is 5.49. The quantitative estimate of drug-likeness (QED) is 0.290. The number of rotatable bonds is 8. The predicted molar refractivity (Wildman–Crippen MR) is 133 cm³/mol. The van der Waals surface area contributed by atoms with E-state index in [-0.39, 0.29) is 6.47 Å². The van der Waals surface area contributed by atoms with Crippen molar-refractivity contribution in [2.45, 2.75) is 31.7 Å². The summed E-state index contributed by atoms with van der Waals surface area (Å²) >= 11 is 0. The number of hydrogen-bond acceptors (Lipinski definition) is 7. The maximum atomic E-state index is 8.36. The summed E-state index contributed by atoms with van der Waals surface area (Å²) in [7, 11) is 1.70. The number of nitrogens with one attached hydrogen (secondary N) is 1. The number of aromatic nitrogens is 1. The minimum absolute atomic E-state index is 0.250. The van der Waals surface area contributed by atoms with E-state index >= 15 is 0 Å². The van der Waals surface area contributed by atoms with E-state index in [9.17, 15) is 0 Å². The van der Waals surface area contributed by atoms with Crippen LogP contribution in [0.25, 0.3) is 21.8 Å². The van der Waals surface area contributed by atoms with Gasteiger partial charge in [0, 0.05) is 30.0 Å². The van der Waals surface area contributed by atoms with E-state index in [1.165, 1.54) is 25.9 Å². The molecule has 0 bridgehead atoms. The smallest absolute Gasteiger partial charge is 0.290 e. The van der Waals surface area contributed by atoms with Crippen LogP contribution in [0.4, 0.5) is 5.69 Å². The average molecular weight is 468 g/mol. The zero-order valence-corrected chi connectivity index (χ0v) is 19.7. The van der Waals surface area contributed by atoms with Crippen molar-refractivity contribution < 1.29 is 24.1 Å². The van der Waals surface area contributed by atoms with E-state index in [0.29, 0.717) is 12.6 Å². The third kappa shape index (κ3) is 5.69. The van der Waals surface area contributed by atoms with Crippen LogP contribution in [0.15, 0.2) is 36.4 Å². The average Bonchev–Trinajstić information content (AvgIpc) is 3.56. The maximum absolute atomic E-state index is 8.36. The van der Waals surface area contributed by atoms with Crippen molar-refractivity contribution in [2.24, 2.45) is 0 Å². The minimum Gasteiger partial charge on any atom is -0.493 e. The van der Waals surface area contributed by atoms with Crippen molar-refractivity contribution in [3.05, 3.63) is 36.4 Å². The summed E-state index contributed by atoms with van der Waals surface area (Å²) in [5.41, 5.74) is 2.98. The van der Waals surface area contributed by atoms with Crippen molar-refractivity contribution in [1.82, 2.24) is 9.88 Å². The Morgan fingerprint density at radius 3 is 2.71 bits per heavy atom. The molecule has 5 rings (SSSR count). The fourth-order valence-corrected chi connectivity index (χ4v) is 4.66. The van der Waals surface area contributed by atoms with Gasteiger partial charge in [0.15, 0.2) is 11.5 Å². The Labute approximate surface area is 199 Å². The highest BCUT2D eigenvalue weighted by molar-refractivity contribution is 6.08. The van der Waals surface area contributed by atoms with E-state index < -0.39 is 0 Å². The van der Waals surface area contributed by atoms with Crippen molar-refractivity contribution in [2.75, 3.05) is 51.9 Å². The van der Waals surface area contributed by atoms with Crippen molar-refractivity contribution >= 4 is 34.0 Å². The van der Waals surface area contributed by atoms with Crippen molar-refractivity contribution in [1.29, 1.82) is 0 Å². The van der Waals surface area contributed by atoms with Crippen LogP contribution in [0.5, 0.6) is 11.5 Å². The first-order valence-corrected chi connectivity index (χ1v) is 11.9. The molecule has 34 heavy (non-hydrogen) atoms. The van der Waals surface area contributed by atoms with Gasteiger partial charge in [0.2, 0.25) is 0 Å². The second-order valence-electron chi connectivity index (χ2n) is 8.59. The number of fused-ring (bicyclic) bond motifs is 2. The number of hydrogen-bond donors (Lipinski definition) is 2. The van der Waals surface area contributed by atoms with Crippen LogP contribution in [-0.2, 0) is 9.53 Å². The number of pyridine rings is 1. The third-order valence-electron chi connectivity index (χ3n) is 6.32. The van der Waals surface area contributed by atoms with Gasteiger partial charge < -0.3 is 29.5 Å². The van der Waals surface area contributed by atoms with Crippen LogP contribution in [0.1, 0.15) is 25.7 Å². The molecule has 0 radical (unpaired) electrons. The Kier molecular flexibility index (Phi) is 8.38. The molecule has 2 fully saturated rings. The predicted octanol–water partition coefficient (Wildman–Crippen LogP) is 4.16. The molecule has 1 atom stereocenters. The number of carbonyl (C=O) groups is 1. The highest BCUT2D eigenvalue weighted by Gasteiger charge is 2.20. The number of para-hydroxylation sites is 1. The van der Waals surface area contributed by atoms with E-state index in [1.54, 1.807) is 7.11 Å².